The van der Waals surface area contributed by atoms with Gasteiger partial charge < -0.3 is 19.9 Å². The molecular formula is C64H42N8. The molecule has 8 heteroatoms. The van der Waals surface area contributed by atoms with E-state index in [-0.39, 0.29) is 0 Å². The van der Waals surface area contributed by atoms with Gasteiger partial charge in [-0.1, -0.05) is 96.8 Å². The summed E-state index contributed by atoms with van der Waals surface area (Å²) in [5, 5.41) is 0. The van der Waals surface area contributed by atoms with Crippen molar-refractivity contribution in [2.24, 2.45) is 20.0 Å². The summed E-state index contributed by atoms with van der Waals surface area (Å²) in [6, 6.07) is 54.0. The molecule has 0 spiro atoms. The first kappa shape index (κ1) is 43.0. The molecule has 0 amide bonds. The van der Waals surface area contributed by atoms with E-state index in [0.29, 0.717) is 0 Å². The van der Waals surface area contributed by atoms with E-state index in [2.05, 4.69) is 175 Å². The summed E-state index contributed by atoms with van der Waals surface area (Å²) in [7, 11) is 0. The summed E-state index contributed by atoms with van der Waals surface area (Å²) < 4.78 is 0. The highest BCUT2D eigenvalue weighted by Gasteiger charge is 2.20. The molecule has 0 bridgehead atoms. The lowest BCUT2D eigenvalue weighted by Gasteiger charge is -2.09. The van der Waals surface area contributed by atoms with Crippen molar-refractivity contribution in [1.29, 1.82) is 0 Å². The van der Waals surface area contributed by atoms with E-state index in [9.17, 15) is 0 Å². The number of nitrogens with zero attached hydrogens (tertiary/aromatic N) is 4. The molecule has 4 aliphatic heterocycles. The normalized spacial score (nSPS) is 16.6. The van der Waals surface area contributed by atoms with Crippen molar-refractivity contribution in [2.75, 3.05) is 0 Å². The Hall–Kier alpha value is -10.3. The lowest BCUT2D eigenvalue weighted by Crippen LogP contribution is -1.93. The van der Waals surface area contributed by atoms with Crippen LogP contribution in [0.2, 0.25) is 0 Å². The van der Waals surface area contributed by atoms with Crippen molar-refractivity contribution >= 4 is 47.2 Å². The maximum absolute atomic E-state index is 4.70. The smallest absolute Gasteiger partial charge is 0.0729 e. The minimum Gasteiger partial charge on any atom is -0.353 e. The SMILES string of the molecule is C(C#Cc1ccc(/C(=C2\C=CC=N2)c2ccc(-c3ccc(/C(=C4/C=CC=N4)c4ccccc4)[nH]3)[nH]2)cc1)#Cc1ccc(/C(=C2\C=CC=N2)c2ccc(-c3ccc(/C(=C4/C=CC=N4)c4ccccc4)[nH]3)[nH]2)cc1. The van der Waals surface area contributed by atoms with Crippen molar-refractivity contribution in [3.05, 3.63) is 285 Å². The molecule has 338 valence electrons. The van der Waals surface area contributed by atoms with Crippen LogP contribution >= 0.6 is 0 Å². The standard InChI is InChI=1S/C64H42N8/c1-3-15-45(16-4-1)61(53-19-9-39-65-53)57-35-31-49(69-57)51-33-37-59(71-51)63(55-21-11-41-67-55)47-27-23-43(24-28-47)13-7-8-14-44-25-29-48(30-26-44)64(56-22-12-42-68-56)60-38-34-52(72-60)50-32-36-58(70-50)62(54-20-10-40-66-54)46-17-5-2-6-18-46/h1-6,9-12,15-42,69-72H/b61-53-,62-54-,63-55-,64-56-. The van der Waals surface area contributed by atoms with Gasteiger partial charge in [0.1, 0.15) is 0 Å². The van der Waals surface area contributed by atoms with Crippen LogP contribution < -0.4 is 0 Å². The number of benzene rings is 4. The topological polar surface area (TPSA) is 113 Å². The zero-order chi connectivity index (χ0) is 48.1. The number of aliphatic imine (C=N–C) groups is 4. The third-order valence-corrected chi connectivity index (χ3v) is 12.6. The quantitative estimate of drug-likeness (QED) is 0.0980. The summed E-state index contributed by atoms with van der Waals surface area (Å²) in [4.78, 5) is 33.3. The van der Waals surface area contributed by atoms with Gasteiger partial charge in [-0.2, -0.15) is 0 Å². The average molecular weight is 923 g/mol. The van der Waals surface area contributed by atoms with Crippen molar-refractivity contribution in [2.45, 2.75) is 0 Å². The Labute approximate surface area is 416 Å². The zero-order valence-electron chi connectivity index (χ0n) is 38.7. The van der Waals surface area contributed by atoms with Gasteiger partial charge in [-0.05, 0) is 155 Å². The van der Waals surface area contributed by atoms with Crippen LogP contribution in [0.15, 0.2) is 249 Å². The van der Waals surface area contributed by atoms with E-state index in [1.807, 2.05) is 110 Å². The largest absolute Gasteiger partial charge is 0.353 e. The fourth-order valence-electron chi connectivity index (χ4n) is 9.21. The van der Waals surface area contributed by atoms with Crippen molar-refractivity contribution in [3.8, 4) is 46.5 Å². The fourth-order valence-corrected chi connectivity index (χ4v) is 9.21. The molecule has 4 aromatic carbocycles. The van der Waals surface area contributed by atoms with Gasteiger partial charge in [0.2, 0.25) is 0 Å². The number of hydrogen-bond donors (Lipinski definition) is 4. The van der Waals surface area contributed by atoms with Gasteiger partial charge in [0.05, 0.1) is 45.6 Å². The van der Waals surface area contributed by atoms with Gasteiger partial charge in [-0.3, -0.25) is 20.0 Å². The molecule has 0 saturated carbocycles. The molecule has 8 nitrogen and oxygen atoms in total. The van der Waals surface area contributed by atoms with Gasteiger partial charge in [-0.15, -0.1) is 0 Å². The van der Waals surface area contributed by atoms with Crippen LogP contribution in [0.3, 0.4) is 0 Å². The Kier molecular flexibility index (Phi) is 11.6. The Balaban J connectivity index is 0.747. The molecule has 0 radical (unpaired) electrons. The average Bonchev–Trinajstić information content (AvgIpc) is 4.27. The number of rotatable bonds is 10. The second kappa shape index (κ2) is 19.4. The predicted molar refractivity (Wildman–Crippen MR) is 295 cm³/mol. The lowest BCUT2D eigenvalue weighted by molar-refractivity contribution is 1.27. The molecule has 12 rings (SSSR count). The molecule has 8 heterocycles. The van der Waals surface area contributed by atoms with Gasteiger partial charge >= 0.3 is 0 Å². The number of aromatic nitrogens is 4. The van der Waals surface area contributed by atoms with Crippen molar-refractivity contribution < 1.29 is 0 Å². The summed E-state index contributed by atoms with van der Waals surface area (Å²) in [5.74, 6) is 12.6. The Morgan fingerprint density at radius 1 is 0.292 bits per heavy atom. The molecule has 0 unspecified atom stereocenters. The molecule has 4 aliphatic rings. The predicted octanol–water partition coefficient (Wildman–Crippen LogP) is 13.3. The van der Waals surface area contributed by atoms with Gasteiger partial charge in [0.15, 0.2) is 0 Å². The summed E-state index contributed by atoms with van der Waals surface area (Å²) in [5.41, 5.74) is 21.5. The zero-order valence-corrected chi connectivity index (χ0v) is 38.7. The Morgan fingerprint density at radius 2 is 0.569 bits per heavy atom. The Morgan fingerprint density at radius 3 is 0.833 bits per heavy atom. The van der Waals surface area contributed by atoms with Crippen LogP contribution in [0, 0.1) is 23.7 Å². The second-order valence-corrected chi connectivity index (χ2v) is 17.1. The van der Waals surface area contributed by atoms with Crippen LogP contribution in [0.4, 0.5) is 0 Å². The maximum atomic E-state index is 4.70. The number of aromatic amines is 4. The highest BCUT2D eigenvalue weighted by Crippen LogP contribution is 2.36. The van der Waals surface area contributed by atoms with E-state index in [1.54, 1.807) is 0 Å². The number of H-pyrrole nitrogens is 4. The molecule has 8 aromatic rings. The molecule has 0 atom stereocenters. The summed E-state index contributed by atoms with van der Waals surface area (Å²) in [6.07, 6.45) is 23.3. The van der Waals surface area contributed by atoms with Crippen molar-refractivity contribution in [1.82, 2.24) is 19.9 Å². The number of allylic oxidation sites excluding steroid dienone is 8. The first-order chi connectivity index (χ1) is 35.7. The minimum absolute atomic E-state index is 0.866. The monoisotopic (exact) mass is 922 g/mol. The molecule has 0 fully saturated rings. The van der Waals surface area contributed by atoms with E-state index in [0.717, 1.165) is 124 Å². The maximum Gasteiger partial charge on any atom is 0.0729 e. The van der Waals surface area contributed by atoms with Crippen LogP contribution in [0.1, 0.15) is 56.2 Å². The molecule has 4 N–H and O–H groups in total. The highest BCUT2D eigenvalue weighted by atomic mass is 14.8. The lowest BCUT2D eigenvalue weighted by atomic mass is 9.99. The molecular weight excluding hydrogens is 881 g/mol. The first-order valence-corrected chi connectivity index (χ1v) is 23.6. The van der Waals surface area contributed by atoms with E-state index < -0.39 is 0 Å². The van der Waals surface area contributed by atoms with E-state index in [4.69, 9.17) is 9.98 Å². The van der Waals surface area contributed by atoms with E-state index >= 15 is 0 Å². The van der Waals surface area contributed by atoms with Gasteiger partial charge in [0.25, 0.3) is 0 Å². The molecule has 0 aliphatic carbocycles. The number of hydrogen-bond acceptors (Lipinski definition) is 4. The third-order valence-electron chi connectivity index (χ3n) is 12.6. The van der Waals surface area contributed by atoms with Crippen LogP contribution in [-0.4, -0.2) is 44.8 Å². The third kappa shape index (κ3) is 8.83. The fraction of sp³-hybridized carbons (Fsp3) is 0. The highest BCUT2D eigenvalue weighted by molar-refractivity contribution is 5.92. The Bertz CT molecular complexity index is 3610. The summed E-state index contributed by atoms with van der Waals surface area (Å²) >= 11 is 0. The minimum atomic E-state index is 0.866. The van der Waals surface area contributed by atoms with Crippen LogP contribution in [-0.2, 0) is 0 Å². The van der Waals surface area contributed by atoms with Gasteiger partial charge in [-0.25, -0.2) is 0 Å². The van der Waals surface area contributed by atoms with E-state index in [1.165, 1.54) is 0 Å². The van der Waals surface area contributed by atoms with Gasteiger partial charge in [0, 0.05) is 81.1 Å². The van der Waals surface area contributed by atoms with Crippen molar-refractivity contribution in [3.63, 3.8) is 0 Å². The van der Waals surface area contributed by atoms with Crippen LogP contribution in [0.25, 0.3) is 45.1 Å². The summed E-state index contributed by atoms with van der Waals surface area (Å²) in [6.45, 7) is 0. The second-order valence-electron chi connectivity index (χ2n) is 17.1. The number of nitrogens with one attached hydrogen (secondary N) is 4. The van der Waals surface area contributed by atoms with Crippen LogP contribution in [0.5, 0.6) is 0 Å². The molecule has 0 saturated heterocycles. The molecule has 4 aromatic heterocycles. The molecule has 72 heavy (non-hydrogen) atoms. The first-order valence-electron chi connectivity index (χ1n) is 23.6.